The highest BCUT2D eigenvalue weighted by atomic mass is 19.1. The van der Waals surface area contributed by atoms with Crippen LogP contribution in [0.4, 0.5) is 14.6 Å². The number of phenols is 1. The van der Waals surface area contributed by atoms with Gasteiger partial charge in [-0.05, 0) is 125 Å². The van der Waals surface area contributed by atoms with E-state index in [0.29, 0.717) is 73.2 Å². The molecule has 3 atom stereocenters. The van der Waals surface area contributed by atoms with Gasteiger partial charge in [-0.3, -0.25) is 24.6 Å². The predicted molar refractivity (Wildman–Crippen MR) is 258 cm³/mol. The Morgan fingerprint density at radius 1 is 0.928 bits per heavy atom. The first-order valence-corrected chi connectivity index (χ1v) is 24.7. The van der Waals surface area contributed by atoms with Gasteiger partial charge in [-0.1, -0.05) is 24.1 Å². The maximum atomic E-state index is 17.1. The van der Waals surface area contributed by atoms with E-state index in [4.69, 9.17) is 26.2 Å². The lowest BCUT2D eigenvalue weighted by atomic mass is 9.86. The number of piperazine rings is 1. The molecule has 2 bridgehead atoms. The zero-order chi connectivity index (χ0) is 47.1. The second kappa shape index (κ2) is 17.3. The molecule has 3 aromatic heterocycles. The minimum absolute atomic E-state index is 0.0335. The third-order valence-electron chi connectivity index (χ3n) is 16.2. The van der Waals surface area contributed by atoms with E-state index < -0.39 is 17.6 Å². The number of amides is 2. The van der Waals surface area contributed by atoms with E-state index in [1.165, 1.54) is 29.8 Å². The smallest absolute Gasteiger partial charge is 0.319 e. The van der Waals surface area contributed by atoms with E-state index >= 15 is 8.78 Å². The Hall–Kier alpha value is -6.28. The van der Waals surface area contributed by atoms with Crippen molar-refractivity contribution in [2.75, 3.05) is 57.3 Å². The summed E-state index contributed by atoms with van der Waals surface area (Å²) < 4.78 is 40.6. The summed E-state index contributed by atoms with van der Waals surface area (Å²) in [4.78, 5) is 46.2. The number of carbonyl (C=O) groups is 2. The number of nitrogens with zero attached hydrogens (tertiary/aromatic N) is 8. The largest absolute Gasteiger partial charge is 0.508 e. The van der Waals surface area contributed by atoms with Crippen LogP contribution in [0.1, 0.15) is 92.9 Å². The number of pyridine rings is 1. The van der Waals surface area contributed by atoms with Crippen molar-refractivity contribution in [1.82, 2.24) is 45.2 Å². The summed E-state index contributed by atoms with van der Waals surface area (Å²) in [6.07, 6.45) is 16.8. The predicted octanol–water partition coefficient (Wildman–Crippen LogP) is 6.66. The van der Waals surface area contributed by atoms with E-state index in [0.717, 1.165) is 101 Å². The van der Waals surface area contributed by atoms with Crippen LogP contribution in [-0.4, -0.2) is 122 Å². The molecule has 5 saturated heterocycles. The number of hydrogen-bond donors (Lipinski definition) is 3. The van der Waals surface area contributed by atoms with Gasteiger partial charge in [0.1, 0.15) is 28.6 Å². The molecule has 3 unspecified atom stereocenters. The minimum Gasteiger partial charge on any atom is -0.508 e. The molecular weight excluding hydrogens is 879 g/mol. The lowest BCUT2D eigenvalue weighted by Gasteiger charge is -2.42. The topological polar surface area (TPSA) is 154 Å². The van der Waals surface area contributed by atoms with Crippen LogP contribution < -0.4 is 20.3 Å². The van der Waals surface area contributed by atoms with Crippen LogP contribution in [0.5, 0.6) is 11.8 Å². The number of carbonyl (C=O) groups excluding carboxylic acids is 2. The van der Waals surface area contributed by atoms with Crippen molar-refractivity contribution < 1.29 is 28.2 Å². The minimum atomic E-state index is -0.722. The molecule has 356 valence electrons. The van der Waals surface area contributed by atoms with Crippen molar-refractivity contribution in [1.29, 1.82) is 0 Å². The number of likely N-dealkylation sites (tertiary alicyclic amines) is 2. The Labute approximate surface area is 398 Å². The number of aromatic nitrogens is 5. The van der Waals surface area contributed by atoms with Crippen LogP contribution in [-0.2, 0) is 16.6 Å². The molecule has 1 aliphatic carbocycles. The van der Waals surface area contributed by atoms with Crippen molar-refractivity contribution in [3.05, 3.63) is 77.1 Å². The summed E-state index contributed by atoms with van der Waals surface area (Å²) in [6, 6.07) is 13.4. The summed E-state index contributed by atoms with van der Waals surface area (Å²) in [5.41, 5.74) is 3.15. The second-order valence-corrected chi connectivity index (χ2v) is 20.6. The molecule has 2 amide bonds. The summed E-state index contributed by atoms with van der Waals surface area (Å²) >= 11 is 0. The van der Waals surface area contributed by atoms with Crippen LogP contribution >= 0.6 is 0 Å². The zero-order valence-corrected chi connectivity index (χ0v) is 38.8. The molecule has 1 saturated carbocycles. The molecule has 6 fully saturated rings. The monoisotopic (exact) mass is 934 g/mol. The molecule has 8 heterocycles. The molecule has 0 spiro atoms. The van der Waals surface area contributed by atoms with Crippen molar-refractivity contribution in [3.63, 3.8) is 0 Å². The second-order valence-electron chi connectivity index (χ2n) is 20.6. The van der Waals surface area contributed by atoms with Gasteiger partial charge in [0, 0.05) is 79.2 Å². The molecule has 6 aliphatic rings. The van der Waals surface area contributed by atoms with Crippen molar-refractivity contribution in [2.24, 2.45) is 12.5 Å². The van der Waals surface area contributed by atoms with Crippen molar-refractivity contribution in [3.8, 4) is 35.4 Å². The highest BCUT2D eigenvalue weighted by Gasteiger charge is 2.46. The fraction of sp³-hybridized carbons (Fsp3) is 0.472. The SMILES string of the molecule is C#Cc1c(F)ccc2cc(O)cc(-c3ncc4c(N5CC6CCC(C5)N6)nc(OCC5(CN6CCC(N7CCC(c8ccc9c(C%10CCC(=O)NC%10=O)nn(C)c9c8)CC7)CC6)CC5)nc4c3F)c12. The number of fused-ring (bicyclic) bond motifs is 5. The molecule has 6 aromatic rings. The fourth-order valence-corrected chi connectivity index (χ4v) is 12.3. The van der Waals surface area contributed by atoms with Gasteiger partial charge in [-0.25, -0.2) is 8.78 Å². The van der Waals surface area contributed by atoms with E-state index in [-0.39, 0.29) is 56.7 Å². The summed E-state index contributed by atoms with van der Waals surface area (Å²) in [5, 5.41) is 23.8. The Balaban J connectivity index is 0.713. The van der Waals surface area contributed by atoms with Gasteiger partial charge in [0.25, 0.3) is 0 Å². The summed E-state index contributed by atoms with van der Waals surface area (Å²) in [6.45, 7) is 6.94. The Kier molecular flexibility index (Phi) is 11.0. The highest BCUT2D eigenvalue weighted by Crippen LogP contribution is 2.47. The van der Waals surface area contributed by atoms with E-state index in [2.05, 4.69) is 54.4 Å². The van der Waals surface area contributed by atoms with Crippen LogP contribution in [0, 0.1) is 29.4 Å². The van der Waals surface area contributed by atoms with Gasteiger partial charge >= 0.3 is 6.01 Å². The average molecular weight is 935 g/mol. The molecule has 5 aliphatic heterocycles. The number of halogens is 2. The third-order valence-corrected chi connectivity index (χ3v) is 16.2. The van der Waals surface area contributed by atoms with E-state index in [1.807, 2.05) is 11.7 Å². The number of terminal acetylenes is 1. The quantitative estimate of drug-likeness (QED) is 0.0995. The molecule has 14 nitrogen and oxygen atoms in total. The molecular formula is C53H56F2N10O4. The number of rotatable bonds is 10. The van der Waals surface area contributed by atoms with Gasteiger partial charge < -0.3 is 29.9 Å². The number of aryl methyl sites for hydroxylation is 1. The van der Waals surface area contributed by atoms with Crippen molar-refractivity contribution in [2.45, 2.75) is 94.2 Å². The molecule has 16 heteroatoms. The maximum absolute atomic E-state index is 17.1. The van der Waals surface area contributed by atoms with E-state index in [1.54, 1.807) is 6.20 Å². The average Bonchev–Trinajstić information content (AvgIpc) is 3.93. The van der Waals surface area contributed by atoms with Crippen LogP contribution in [0.2, 0.25) is 0 Å². The van der Waals surface area contributed by atoms with Crippen molar-refractivity contribution >= 4 is 50.2 Å². The zero-order valence-electron chi connectivity index (χ0n) is 38.8. The molecule has 3 N–H and O–H groups in total. The lowest BCUT2D eigenvalue weighted by Crippen LogP contribution is -2.51. The van der Waals surface area contributed by atoms with Crippen LogP contribution in [0.25, 0.3) is 43.8 Å². The first-order chi connectivity index (χ1) is 33.5. The van der Waals surface area contributed by atoms with Crippen LogP contribution in [0.3, 0.4) is 0 Å². The number of nitrogens with one attached hydrogen (secondary N) is 2. The number of anilines is 1. The van der Waals surface area contributed by atoms with E-state index in [9.17, 15) is 14.7 Å². The highest BCUT2D eigenvalue weighted by molar-refractivity contribution is 6.04. The lowest BCUT2D eigenvalue weighted by molar-refractivity contribution is -0.134. The summed E-state index contributed by atoms with van der Waals surface area (Å²) in [7, 11) is 1.93. The molecule has 0 radical (unpaired) electrons. The van der Waals surface area contributed by atoms with Crippen LogP contribution in [0.15, 0.2) is 48.7 Å². The Bertz CT molecular complexity index is 3080. The Morgan fingerprint density at radius 2 is 1.71 bits per heavy atom. The molecule has 3 aromatic carbocycles. The number of phenolic OH excluding ortho intramolecular Hbond substituents is 1. The van der Waals surface area contributed by atoms with Gasteiger partial charge in [0.15, 0.2) is 5.82 Å². The summed E-state index contributed by atoms with van der Waals surface area (Å²) in [5.74, 6) is 1.10. The third kappa shape index (κ3) is 8.11. The van der Waals surface area contributed by atoms with Gasteiger partial charge in [-0.15, -0.1) is 6.42 Å². The number of hydrogen-bond acceptors (Lipinski definition) is 12. The number of aromatic hydroxyl groups is 1. The first-order valence-electron chi connectivity index (χ1n) is 24.7. The number of imide groups is 1. The van der Waals surface area contributed by atoms with Gasteiger partial charge in [-0.2, -0.15) is 15.1 Å². The maximum Gasteiger partial charge on any atom is 0.319 e. The normalized spacial score (nSPS) is 23.5. The molecule has 12 rings (SSSR count). The standard InChI is InChI=1S/C53H56F2N10O4/c1-3-37-42(54)10-5-32-22-36(66)24-40(45(32)37)48-46(55)49-41(25-56-48)50(65-26-33-6-7-34(27-65)57-33)60-52(59-49)69-29-53(16-17-53)28-63-18-14-35(15-19-63)64-20-12-30(13-21-64)31-4-8-38-43(23-31)62(2)61-47(38)39-9-11-44(67)58-51(39)68/h1,4-5,8,10,22-25,30,33-35,39,57,66H,6-7,9,11-21,26-29H2,2H3,(H,58,67,68). The first kappa shape index (κ1) is 44.0. The molecule has 69 heavy (non-hydrogen) atoms. The Morgan fingerprint density at radius 3 is 2.45 bits per heavy atom. The fourth-order valence-electron chi connectivity index (χ4n) is 12.3. The van der Waals surface area contributed by atoms with Gasteiger partial charge in [0.05, 0.1) is 34.7 Å². The number of piperidine rings is 3. The van der Waals surface area contributed by atoms with Gasteiger partial charge in [0.2, 0.25) is 11.8 Å². The number of ether oxygens (including phenoxy) is 1. The number of benzene rings is 3.